The Morgan fingerprint density at radius 2 is 2.32 bits per heavy atom. The summed E-state index contributed by atoms with van der Waals surface area (Å²) in [4.78, 5) is 15.8. The molecule has 0 bridgehead atoms. The fraction of sp³-hybridized carbons (Fsp3) is 0.400. The summed E-state index contributed by atoms with van der Waals surface area (Å²) in [6.45, 7) is 0. The zero-order valence-electron chi connectivity index (χ0n) is 12.2. The fourth-order valence-corrected chi connectivity index (χ4v) is 2.67. The molecule has 0 aromatic carbocycles. The van der Waals surface area contributed by atoms with Gasteiger partial charge in [0.25, 0.3) is 5.91 Å². The van der Waals surface area contributed by atoms with Crippen molar-refractivity contribution in [3.05, 3.63) is 42.2 Å². The van der Waals surface area contributed by atoms with Gasteiger partial charge in [-0.25, -0.2) is 4.39 Å². The van der Waals surface area contributed by atoms with Crippen LogP contribution in [0.2, 0.25) is 0 Å². The van der Waals surface area contributed by atoms with Crippen molar-refractivity contribution in [1.29, 1.82) is 0 Å². The molecule has 22 heavy (non-hydrogen) atoms. The minimum absolute atomic E-state index is 0.00188. The molecule has 116 valence electrons. The number of carbonyl (C=O) groups is 1. The molecule has 2 aromatic rings. The third-order valence-corrected chi connectivity index (χ3v) is 3.75. The molecule has 0 saturated heterocycles. The smallest absolute Gasteiger partial charge is 0.254 e. The minimum atomic E-state index is -0.622. The maximum Gasteiger partial charge on any atom is 0.254 e. The zero-order chi connectivity index (χ0) is 15.5. The maximum atomic E-state index is 13.6. The van der Waals surface area contributed by atoms with Gasteiger partial charge >= 0.3 is 0 Å². The molecule has 7 heteroatoms. The molecule has 2 heterocycles. The van der Waals surface area contributed by atoms with E-state index >= 15 is 0 Å². The Morgan fingerprint density at radius 3 is 3.05 bits per heavy atom. The number of nitrogens with one attached hydrogen (secondary N) is 1. The molecule has 6 nitrogen and oxygen atoms in total. The Balaban J connectivity index is 1.66. The van der Waals surface area contributed by atoms with Crippen LogP contribution < -0.4 is 10.1 Å². The number of aryl methyl sites for hydroxylation is 1. The van der Waals surface area contributed by atoms with Crippen LogP contribution in [0.4, 0.5) is 4.39 Å². The van der Waals surface area contributed by atoms with Crippen LogP contribution in [0, 0.1) is 5.82 Å². The summed E-state index contributed by atoms with van der Waals surface area (Å²) in [6.07, 6.45) is 8.33. The Bertz CT molecular complexity index is 673. The van der Waals surface area contributed by atoms with Crippen molar-refractivity contribution >= 4 is 5.91 Å². The largest absolute Gasteiger partial charge is 0.485 e. The summed E-state index contributed by atoms with van der Waals surface area (Å²) >= 11 is 0. The number of hydrogen-bond acceptors (Lipinski definition) is 4. The van der Waals surface area contributed by atoms with Gasteiger partial charge in [0.1, 0.15) is 6.10 Å². The first-order chi connectivity index (χ1) is 10.6. The monoisotopic (exact) mass is 304 g/mol. The first kappa shape index (κ1) is 14.5. The second-order valence-corrected chi connectivity index (χ2v) is 5.37. The quantitative estimate of drug-likeness (QED) is 0.933. The van der Waals surface area contributed by atoms with Crippen LogP contribution in [-0.2, 0) is 7.05 Å². The number of rotatable bonds is 4. The van der Waals surface area contributed by atoms with Crippen molar-refractivity contribution in [3.63, 3.8) is 0 Å². The maximum absolute atomic E-state index is 13.6. The van der Waals surface area contributed by atoms with Crippen molar-refractivity contribution in [2.75, 3.05) is 0 Å². The predicted molar refractivity (Wildman–Crippen MR) is 76.9 cm³/mol. The van der Waals surface area contributed by atoms with E-state index in [2.05, 4.69) is 15.4 Å². The van der Waals surface area contributed by atoms with Crippen molar-refractivity contribution in [2.24, 2.45) is 7.05 Å². The summed E-state index contributed by atoms with van der Waals surface area (Å²) in [5.74, 6) is -0.391. The van der Waals surface area contributed by atoms with E-state index in [4.69, 9.17) is 4.74 Å². The Hall–Kier alpha value is -2.44. The van der Waals surface area contributed by atoms with Crippen molar-refractivity contribution in [1.82, 2.24) is 20.1 Å². The van der Waals surface area contributed by atoms with Crippen LogP contribution in [0.25, 0.3) is 0 Å². The lowest BCUT2D eigenvalue weighted by atomic mass is 10.1. The number of carbonyl (C=O) groups excluding carboxylic acids is 1. The lowest BCUT2D eigenvalue weighted by molar-refractivity contribution is 0.0889. The van der Waals surface area contributed by atoms with E-state index in [1.165, 1.54) is 12.3 Å². The zero-order valence-corrected chi connectivity index (χ0v) is 12.2. The molecule has 1 N–H and O–H groups in total. The van der Waals surface area contributed by atoms with Gasteiger partial charge in [-0.1, -0.05) is 0 Å². The van der Waals surface area contributed by atoms with Crippen LogP contribution in [0.5, 0.6) is 5.75 Å². The lowest BCUT2D eigenvalue weighted by Gasteiger charge is -2.21. The summed E-state index contributed by atoms with van der Waals surface area (Å²) in [6, 6.07) is 1.23. The first-order valence-corrected chi connectivity index (χ1v) is 7.19. The van der Waals surface area contributed by atoms with Crippen LogP contribution >= 0.6 is 0 Å². The Labute approximate surface area is 127 Å². The van der Waals surface area contributed by atoms with Gasteiger partial charge in [0.2, 0.25) is 0 Å². The van der Waals surface area contributed by atoms with Crippen LogP contribution in [0.15, 0.2) is 30.9 Å². The van der Waals surface area contributed by atoms with E-state index in [1.54, 1.807) is 17.1 Å². The number of pyridine rings is 1. The second-order valence-electron chi connectivity index (χ2n) is 5.37. The van der Waals surface area contributed by atoms with E-state index in [-0.39, 0.29) is 17.7 Å². The summed E-state index contributed by atoms with van der Waals surface area (Å²) < 4.78 is 21.1. The SMILES string of the molecule is Cn1cc(O[C@@H]2CCC[C@@H]2NC(=O)c2ccncc2F)cn1. The van der Waals surface area contributed by atoms with E-state index in [0.29, 0.717) is 5.75 Å². The third kappa shape index (κ3) is 3.08. The number of amides is 1. The van der Waals surface area contributed by atoms with Gasteiger partial charge < -0.3 is 10.1 Å². The molecule has 0 aliphatic heterocycles. The molecule has 0 spiro atoms. The van der Waals surface area contributed by atoms with E-state index in [9.17, 15) is 9.18 Å². The average Bonchev–Trinajstić information content (AvgIpc) is 3.09. The van der Waals surface area contributed by atoms with Gasteiger partial charge in [-0.2, -0.15) is 5.10 Å². The molecule has 1 amide bonds. The summed E-state index contributed by atoms with van der Waals surface area (Å²) in [5.41, 5.74) is 0.00188. The number of ether oxygens (including phenoxy) is 1. The van der Waals surface area contributed by atoms with Crippen molar-refractivity contribution in [3.8, 4) is 5.75 Å². The molecular formula is C15H17FN4O2. The molecule has 1 aliphatic carbocycles. The third-order valence-electron chi connectivity index (χ3n) is 3.75. The molecule has 1 aliphatic rings. The first-order valence-electron chi connectivity index (χ1n) is 7.19. The van der Waals surface area contributed by atoms with E-state index in [1.807, 2.05) is 7.05 Å². The van der Waals surface area contributed by atoms with Crippen LogP contribution in [0.3, 0.4) is 0 Å². The van der Waals surface area contributed by atoms with Crippen LogP contribution in [-0.4, -0.2) is 32.8 Å². The van der Waals surface area contributed by atoms with Crippen molar-refractivity contribution in [2.45, 2.75) is 31.4 Å². The second kappa shape index (κ2) is 6.13. The van der Waals surface area contributed by atoms with E-state index in [0.717, 1.165) is 25.5 Å². The summed E-state index contributed by atoms with van der Waals surface area (Å²) in [5, 5.41) is 6.91. The molecule has 1 saturated carbocycles. The summed E-state index contributed by atoms with van der Waals surface area (Å²) in [7, 11) is 1.81. The number of aromatic nitrogens is 3. The normalized spacial score (nSPS) is 20.8. The molecule has 2 aromatic heterocycles. The van der Waals surface area contributed by atoms with Gasteiger partial charge in [0, 0.05) is 13.2 Å². The molecule has 0 unspecified atom stereocenters. The highest BCUT2D eigenvalue weighted by atomic mass is 19.1. The number of hydrogen-bond donors (Lipinski definition) is 1. The fourth-order valence-electron chi connectivity index (χ4n) is 2.67. The predicted octanol–water partition coefficient (Wildman–Crippen LogP) is 1.68. The minimum Gasteiger partial charge on any atom is -0.485 e. The highest BCUT2D eigenvalue weighted by Gasteiger charge is 2.31. The van der Waals surface area contributed by atoms with Gasteiger partial charge in [-0.15, -0.1) is 0 Å². The number of nitrogens with zero attached hydrogens (tertiary/aromatic N) is 3. The Morgan fingerprint density at radius 1 is 1.45 bits per heavy atom. The van der Waals surface area contributed by atoms with Crippen molar-refractivity contribution < 1.29 is 13.9 Å². The van der Waals surface area contributed by atoms with Gasteiger partial charge in [0.05, 0.1) is 30.2 Å². The Kier molecular flexibility index (Phi) is 4.04. The highest BCUT2D eigenvalue weighted by molar-refractivity contribution is 5.94. The molecular weight excluding hydrogens is 287 g/mol. The lowest BCUT2D eigenvalue weighted by Crippen LogP contribution is -2.42. The van der Waals surface area contributed by atoms with E-state index < -0.39 is 11.7 Å². The van der Waals surface area contributed by atoms with Gasteiger partial charge in [0.15, 0.2) is 11.6 Å². The van der Waals surface area contributed by atoms with Crippen LogP contribution in [0.1, 0.15) is 29.6 Å². The molecule has 3 rings (SSSR count). The standard InChI is InChI=1S/C15H17FN4O2/c1-20-9-10(7-18-20)22-14-4-2-3-13(14)19-15(21)11-5-6-17-8-12(11)16/h5-9,13-14H,2-4H2,1H3,(H,19,21)/t13-,14+/m0/s1. The van der Waals surface area contributed by atoms with Gasteiger partial charge in [-0.05, 0) is 25.3 Å². The molecule has 1 fully saturated rings. The van der Waals surface area contributed by atoms with Gasteiger partial charge in [-0.3, -0.25) is 14.5 Å². The molecule has 0 radical (unpaired) electrons. The highest BCUT2D eigenvalue weighted by Crippen LogP contribution is 2.25. The number of halogens is 1. The average molecular weight is 304 g/mol. The topological polar surface area (TPSA) is 69.0 Å². The molecule has 2 atom stereocenters.